The van der Waals surface area contributed by atoms with Crippen LogP contribution in [0.15, 0.2) is 0 Å². The van der Waals surface area contributed by atoms with Crippen molar-refractivity contribution in [3.05, 3.63) is 0 Å². The van der Waals surface area contributed by atoms with Crippen molar-refractivity contribution < 1.29 is 14.3 Å². The predicted octanol–water partition coefficient (Wildman–Crippen LogP) is 3.97. The maximum absolute atomic E-state index is 12.0. The molecule has 0 aromatic heterocycles. The predicted molar refractivity (Wildman–Crippen MR) is 84.4 cm³/mol. The second kappa shape index (κ2) is 6.22. The number of hydrogen-bond donors (Lipinski definition) is 0. The summed E-state index contributed by atoms with van der Waals surface area (Å²) >= 11 is 3.57. The smallest absolute Gasteiger partial charge is 0.410 e. The van der Waals surface area contributed by atoms with E-state index in [0.29, 0.717) is 13.1 Å². The number of carbonyl (C=O) groups is 1. The van der Waals surface area contributed by atoms with Crippen molar-refractivity contribution in [3.8, 4) is 0 Å². The number of alkyl halides is 1. The maximum atomic E-state index is 12.0. The van der Waals surface area contributed by atoms with Gasteiger partial charge in [-0.1, -0.05) is 15.9 Å². The molecule has 0 atom stereocenters. The van der Waals surface area contributed by atoms with Crippen molar-refractivity contribution >= 4 is 22.0 Å². The molecule has 1 aliphatic heterocycles. The molecule has 1 aliphatic rings. The summed E-state index contributed by atoms with van der Waals surface area (Å²) in [4.78, 5) is 13.8. The fraction of sp³-hybridized carbons (Fsp3) is 0.933. The summed E-state index contributed by atoms with van der Waals surface area (Å²) in [6.45, 7) is 13.2. The van der Waals surface area contributed by atoms with Crippen molar-refractivity contribution in [1.29, 1.82) is 0 Å². The van der Waals surface area contributed by atoms with Gasteiger partial charge in [-0.05, 0) is 54.4 Å². The number of ether oxygens (including phenoxy) is 2. The molecule has 0 radical (unpaired) electrons. The molecule has 0 spiro atoms. The highest BCUT2D eigenvalue weighted by Gasteiger charge is 2.39. The zero-order valence-corrected chi connectivity index (χ0v) is 15.2. The minimum Gasteiger partial charge on any atom is -0.444 e. The number of halogens is 1. The molecule has 1 heterocycles. The lowest BCUT2D eigenvalue weighted by Crippen LogP contribution is -2.52. The largest absolute Gasteiger partial charge is 0.444 e. The van der Waals surface area contributed by atoms with Gasteiger partial charge in [-0.15, -0.1) is 0 Å². The molecule has 0 aromatic rings. The lowest BCUT2D eigenvalue weighted by atomic mass is 9.92. The highest BCUT2D eigenvalue weighted by molar-refractivity contribution is 9.09. The van der Waals surface area contributed by atoms with E-state index in [1.54, 1.807) is 4.90 Å². The molecule has 1 amide bonds. The van der Waals surface area contributed by atoms with E-state index in [9.17, 15) is 4.79 Å². The minimum absolute atomic E-state index is 0.179. The Morgan fingerprint density at radius 1 is 1.10 bits per heavy atom. The molecule has 1 rings (SSSR count). The van der Waals surface area contributed by atoms with Crippen LogP contribution in [-0.2, 0) is 9.47 Å². The Balaban J connectivity index is 2.59. The first-order chi connectivity index (χ1) is 8.96. The SMILES string of the molecule is CC(C)(C)OC(=O)N1CCC(CBr)(OC(C)(C)C)CC1. The summed E-state index contributed by atoms with van der Waals surface area (Å²) in [5, 5.41) is 0.791. The van der Waals surface area contributed by atoms with E-state index in [-0.39, 0.29) is 17.3 Å². The topological polar surface area (TPSA) is 38.8 Å². The molecule has 20 heavy (non-hydrogen) atoms. The second-order valence-electron chi connectivity index (χ2n) is 7.50. The maximum Gasteiger partial charge on any atom is 0.410 e. The summed E-state index contributed by atoms with van der Waals surface area (Å²) in [7, 11) is 0. The van der Waals surface area contributed by atoms with Crippen molar-refractivity contribution in [2.45, 2.75) is 71.2 Å². The van der Waals surface area contributed by atoms with Crippen LogP contribution < -0.4 is 0 Å². The molecular weight excluding hydrogens is 322 g/mol. The van der Waals surface area contributed by atoms with Gasteiger partial charge in [-0.25, -0.2) is 4.79 Å². The average molecular weight is 350 g/mol. The van der Waals surface area contributed by atoms with E-state index in [1.165, 1.54) is 0 Å². The summed E-state index contributed by atoms with van der Waals surface area (Å²) in [6, 6.07) is 0. The number of hydrogen-bond acceptors (Lipinski definition) is 3. The Morgan fingerprint density at radius 2 is 1.60 bits per heavy atom. The molecule has 5 heteroatoms. The quantitative estimate of drug-likeness (QED) is 0.708. The molecule has 1 saturated heterocycles. The van der Waals surface area contributed by atoms with Crippen LogP contribution in [0.4, 0.5) is 4.79 Å². The van der Waals surface area contributed by atoms with Gasteiger partial charge in [0, 0.05) is 18.4 Å². The highest BCUT2D eigenvalue weighted by Crippen LogP contribution is 2.33. The van der Waals surface area contributed by atoms with E-state index in [4.69, 9.17) is 9.47 Å². The van der Waals surface area contributed by atoms with E-state index in [1.807, 2.05) is 20.8 Å². The van der Waals surface area contributed by atoms with Gasteiger partial charge in [-0.2, -0.15) is 0 Å². The van der Waals surface area contributed by atoms with E-state index in [0.717, 1.165) is 18.2 Å². The van der Waals surface area contributed by atoms with Gasteiger partial charge in [0.15, 0.2) is 0 Å². The van der Waals surface area contributed by atoms with Gasteiger partial charge in [0.1, 0.15) is 5.60 Å². The van der Waals surface area contributed by atoms with Crippen LogP contribution in [-0.4, -0.2) is 46.2 Å². The van der Waals surface area contributed by atoms with E-state index >= 15 is 0 Å². The van der Waals surface area contributed by atoms with Gasteiger partial charge < -0.3 is 14.4 Å². The van der Waals surface area contributed by atoms with Crippen LogP contribution >= 0.6 is 15.9 Å². The lowest BCUT2D eigenvalue weighted by Gasteiger charge is -2.44. The first-order valence-corrected chi connectivity index (χ1v) is 8.33. The van der Waals surface area contributed by atoms with Crippen molar-refractivity contribution in [1.82, 2.24) is 4.90 Å². The monoisotopic (exact) mass is 349 g/mol. The van der Waals surface area contributed by atoms with Crippen LogP contribution in [0.25, 0.3) is 0 Å². The van der Waals surface area contributed by atoms with Gasteiger partial charge in [0.05, 0.1) is 11.2 Å². The van der Waals surface area contributed by atoms with Gasteiger partial charge in [0.2, 0.25) is 0 Å². The third-order valence-corrected chi connectivity index (χ3v) is 4.11. The number of likely N-dealkylation sites (tertiary alicyclic amines) is 1. The normalized spacial score (nSPS) is 19.9. The molecular formula is C15H28BrNO3. The molecule has 0 bridgehead atoms. The van der Waals surface area contributed by atoms with Crippen LogP contribution in [0.1, 0.15) is 54.4 Å². The molecule has 1 fully saturated rings. The minimum atomic E-state index is -0.442. The molecule has 4 nitrogen and oxygen atoms in total. The van der Waals surface area contributed by atoms with Crippen molar-refractivity contribution in [2.75, 3.05) is 18.4 Å². The third kappa shape index (κ3) is 5.60. The van der Waals surface area contributed by atoms with Crippen LogP contribution in [0.5, 0.6) is 0 Å². The van der Waals surface area contributed by atoms with Gasteiger partial charge in [-0.3, -0.25) is 0 Å². The Morgan fingerprint density at radius 3 is 1.95 bits per heavy atom. The van der Waals surface area contributed by atoms with Crippen molar-refractivity contribution in [3.63, 3.8) is 0 Å². The summed E-state index contributed by atoms with van der Waals surface area (Å²) < 4.78 is 11.6. The zero-order chi connectivity index (χ0) is 15.6. The molecule has 0 saturated carbocycles. The number of nitrogens with zero attached hydrogens (tertiary/aromatic N) is 1. The third-order valence-electron chi connectivity index (χ3n) is 3.09. The standard InChI is InChI=1S/C15H28BrNO3/c1-13(2,3)19-12(18)17-9-7-15(11-16,8-10-17)20-14(4,5)6/h7-11H2,1-6H3. The fourth-order valence-corrected chi connectivity index (χ4v) is 3.01. The average Bonchev–Trinajstić information content (AvgIpc) is 2.25. The zero-order valence-electron chi connectivity index (χ0n) is 13.6. The van der Waals surface area contributed by atoms with E-state index in [2.05, 4.69) is 36.7 Å². The van der Waals surface area contributed by atoms with Crippen LogP contribution in [0.3, 0.4) is 0 Å². The summed E-state index contributed by atoms with van der Waals surface area (Å²) in [5.74, 6) is 0. The van der Waals surface area contributed by atoms with E-state index < -0.39 is 5.60 Å². The Labute approximate surface area is 131 Å². The van der Waals surface area contributed by atoms with Crippen molar-refractivity contribution in [2.24, 2.45) is 0 Å². The molecule has 0 aliphatic carbocycles. The molecule has 118 valence electrons. The second-order valence-corrected chi connectivity index (χ2v) is 8.06. The fourth-order valence-electron chi connectivity index (χ4n) is 2.34. The Bertz CT molecular complexity index is 336. The Kier molecular flexibility index (Phi) is 5.53. The number of carbonyl (C=O) groups excluding carboxylic acids is 1. The number of rotatable bonds is 2. The number of amides is 1. The first-order valence-electron chi connectivity index (χ1n) is 7.20. The van der Waals surface area contributed by atoms with Crippen LogP contribution in [0, 0.1) is 0 Å². The number of piperidine rings is 1. The molecule has 0 unspecified atom stereocenters. The lowest BCUT2D eigenvalue weighted by molar-refractivity contribution is -0.140. The van der Waals surface area contributed by atoms with Crippen LogP contribution in [0.2, 0.25) is 0 Å². The molecule has 0 N–H and O–H groups in total. The summed E-state index contributed by atoms with van der Waals surface area (Å²) in [6.07, 6.45) is 1.43. The first kappa shape index (κ1) is 17.8. The summed E-state index contributed by atoms with van der Waals surface area (Å²) in [5.41, 5.74) is -0.804. The van der Waals surface area contributed by atoms with Gasteiger partial charge in [0.25, 0.3) is 0 Å². The highest BCUT2D eigenvalue weighted by atomic mass is 79.9. The Hall–Kier alpha value is -0.290. The molecule has 0 aromatic carbocycles. The van der Waals surface area contributed by atoms with Gasteiger partial charge >= 0.3 is 6.09 Å².